The van der Waals surface area contributed by atoms with Crippen LogP contribution in [0.2, 0.25) is 0 Å². The Labute approximate surface area is 84.4 Å². The van der Waals surface area contributed by atoms with Gasteiger partial charge < -0.3 is 5.11 Å². The van der Waals surface area contributed by atoms with Gasteiger partial charge in [0.25, 0.3) is 0 Å². The van der Waals surface area contributed by atoms with Gasteiger partial charge in [0.05, 0.1) is 6.20 Å². The monoisotopic (exact) mass is 202 g/mol. The molecule has 2 heterocycles. The third kappa shape index (κ3) is 1.30. The van der Waals surface area contributed by atoms with E-state index in [0.29, 0.717) is 5.69 Å². The smallest absolute Gasteiger partial charge is 0.354 e. The summed E-state index contributed by atoms with van der Waals surface area (Å²) in [5.74, 6) is -1.12. The lowest BCUT2D eigenvalue weighted by Gasteiger charge is -2.00. The molecule has 2 rings (SSSR count). The van der Waals surface area contributed by atoms with Crippen LogP contribution in [0.15, 0.2) is 12.3 Å². The van der Waals surface area contributed by atoms with E-state index >= 15 is 0 Å². The Morgan fingerprint density at radius 3 is 3.00 bits per heavy atom. The summed E-state index contributed by atoms with van der Waals surface area (Å²) in [6, 6.07) is 3.31. The van der Waals surface area contributed by atoms with E-state index in [-0.39, 0.29) is 16.9 Å². The second-order valence-electron chi connectivity index (χ2n) is 2.99. The van der Waals surface area contributed by atoms with Crippen molar-refractivity contribution in [1.29, 1.82) is 5.26 Å². The highest BCUT2D eigenvalue weighted by molar-refractivity contribution is 5.86. The van der Waals surface area contributed by atoms with Crippen molar-refractivity contribution in [3.63, 3.8) is 0 Å². The van der Waals surface area contributed by atoms with Gasteiger partial charge in [-0.05, 0) is 13.0 Å². The van der Waals surface area contributed by atoms with Crippen molar-refractivity contribution in [1.82, 2.24) is 14.6 Å². The molecule has 6 nitrogen and oxygen atoms in total. The molecule has 0 aromatic carbocycles. The van der Waals surface area contributed by atoms with Crippen molar-refractivity contribution in [2.75, 3.05) is 0 Å². The first-order chi connectivity index (χ1) is 7.13. The first-order valence-electron chi connectivity index (χ1n) is 4.12. The van der Waals surface area contributed by atoms with Crippen LogP contribution >= 0.6 is 0 Å². The van der Waals surface area contributed by atoms with E-state index in [1.807, 2.05) is 6.07 Å². The maximum atomic E-state index is 10.7. The summed E-state index contributed by atoms with van der Waals surface area (Å²) in [5, 5.41) is 21.5. The average Bonchev–Trinajstić information content (AvgIpc) is 2.60. The van der Waals surface area contributed by atoms with Crippen LogP contribution in [0.25, 0.3) is 5.65 Å². The van der Waals surface area contributed by atoms with Crippen LogP contribution in [0, 0.1) is 18.3 Å². The molecule has 0 bridgehead atoms. The SMILES string of the molecule is Cc1cc(C(=O)O)nc2c(C#N)cnn12. The van der Waals surface area contributed by atoms with Gasteiger partial charge in [0, 0.05) is 5.69 Å². The lowest BCUT2D eigenvalue weighted by Crippen LogP contribution is -2.05. The number of carboxylic acid groups (broad SMARTS) is 1. The second kappa shape index (κ2) is 3.06. The zero-order chi connectivity index (χ0) is 11.0. The van der Waals surface area contributed by atoms with Gasteiger partial charge in [-0.1, -0.05) is 0 Å². The lowest BCUT2D eigenvalue weighted by molar-refractivity contribution is 0.0690. The normalized spacial score (nSPS) is 10.1. The summed E-state index contributed by atoms with van der Waals surface area (Å²) >= 11 is 0. The topological polar surface area (TPSA) is 91.3 Å². The van der Waals surface area contributed by atoms with Gasteiger partial charge in [-0.2, -0.15) is 10.4 Å². The third-order valence-corrected chi connectivity index (χ3v) is 1.99. The van der Waals surface area contributed by atoms with E-state index in [1.165, 1.54) is 16.8 Å². The highest BCUT2D eigenvalue weighted by Gasteiger charge is 2.12. The van der Waals surface area contributed by atoms with E-state index in [0.717, 1.165) is 0 Å². The molecule has 0 saturated heterocycles. The van der Waals surface area contributed by atoms with E-state index < -0.39 is 5.97 Å². The van der Waals surface area contributed by atoms with Crippen LogP contribution in [-0.2, 0) is 0 Å². The van der Waals surface area contributed by atoms with E-state index in [9.17, 15) is 4.79 Å². The number of aryl methyl sites for hydroxylation is 1. The van der Waals surface area contributed by atoms with E-state index in [2.05, 4.69) is 10.1 Å². The standard InChI is InChI=1S/C9H6N4O2/c1-5-2-7(9(14)15)12-8-6(3-10)4-11-13(5)8/h2,4H,1H3,(H,14,15). The van der Waals surface area contributed by atoms with Crippen molar-refractivity contribution in [3.05, 3.63) is 29.2 Å². The molecule has 74 valence electrons. The van der Waals surface area contributed by atoms with E-state index in [1.54, 1.807) is 6.92 Å². The molecule has 15 heavy (non-hydrogen) atoms. The largest absolute Gasteiger partial charge is 0.477 e. The van der Waals surface area contributed by atoms with Crippen LogP contribution in [0.4, 0.5) is 0 Å². The average molecular weight is 202 g/mol. The molecule has 2 aromatic heterocycles. The number of carbonyl (C=O) groups is 1. The van der Waals surface area contributed by atoms with Gasteiger partial charge in [0.1, 0.15) is 11.6 Å². The Balaban J connectivity index is 2.84. The van der Waals surface area contributed by atoms with Crippen LogP contribution in [-0.4, -0.2) is 25.7 Å². The van der Waals surface area contributed by atoms with E-state index in [4.69, 9.17) is 10.4 Å². The summed E-state index contributed by atoms with van der Waals surface area (Å²) in [6.07, 6.45) is 1.36. The Morgan fingerprint density at radius 2 is 2.40 bits per heavy atom. The van der Waals surface area contributed by atoms with Crippen LogP contribution in [0.1, 0.15) is 21.7 Å². The fourth-order valence-corrected chi connectivity index (χ4v) is 1.30. The molecule has 6 heteroatoms. The molecule has 0 saturated carbocycles. The number of nitriles is 1. The molecule has 0 aliphatic carbocycles. The summed E-state index contributed by atoms with van der Waals surface area (Å²) in [5.41, 5.74) is 1.08. The zero-order valence-electron chi connectivity index (χ0n) is 7.80. The number of fused-ring (bicyclic) bond motifs is 1. The highest BCUT2D eigenvalue weighted by Crippen LogP contribution is 2.10. The number of aromatic carboxylic acids is 1. The Morgan fingerprint density at radius 1 is 1.67 bits per heavy atom. The molecule has 0 atom stereocenters. The molecular weight excluding hydrogens is 196 g/mol. The van der Waals surface area contributed by atoms with Gasteiger partial charge in [-0.25, -0.2) is 14.3 Å². The third-order valence-electron chi connectivity index (χ3n) is 1.99. The molecule has 0 radical (unpaired) electrons. The van der Waals surface area contributed by atoms with Crippen LogP contribution < -0.4 is 0 Å². The predicted octanol–water partition coefficient (Wildman–Crippen LogP) is 0.608. The molecule has 2 aromatic rings. The molecular formula is C9H6N4O2. The number of aromatic nitrogens is 3. The number of hydrogen-bond donors (Lipinski definition) is 1. The number of nitrogens with zero attached hydrogens (tertiary/aromatic N) is 4. The minimum atomic E-state index is -1.12. The van der Waals surface area contributed by atoms with Crippen molar-refractivity contribution in [3.8, 4) is 6.07 Å². The van der Waals surface area contributed by atoms with Crippen LogP contribution in [0.5, 0.6) is 0 Å². The summed E-state index contributed by atoms with van der Waals surface area (Å²) in [7, 11) is 0. The van der Waals surface area contributed by atoms with Crippen molar-refractivity contribution in [2.24, 2.45) is 0 Å². The quantitative estimate of drug-likeness (QED) is 0.731. The van der Waals surface area contributed by atoms with Gasteiger partial charge in [0.2, 0.25) is 0 Å². The highest BCUT2D eigenvalue weighted by atomic mass is 16.4. The second-order valence-corrected chi connectivity index (χ2v) is 2.99. The van der Waals surface area contributed by atoms with Gasteiger partial charge in [0.15, 0.2) is 11.3 Å². The van der Waals surface area contributed by atoms with Crippen LogP contribution in [0.3, 0.4) is 0 Å². The number of carboxylic acids is 1. The minimum Gasteiger partial charge on any atom is -0.477 e. The maximum Gasteiger partial charge on any atom is 0.354 e. The fraction of sp³-hybridized carbons (Fsp3) is 0.111. The van der Waals surface area contributed by atoms with Gasteiger partial charge >= 0.3 is 5.97 Å². The Hall–Kier alpha value is -2.42. The molecule has 0 spiro atoms. The number of rotatable bonds is 1. The lowest BCUT2D eigenvalue weighted by atomic mass is 10.3. The first-order valence-corrected chi connectivity index (χ1v) is 4.12. The zero-order valence-corrected chi connectivity index (χ0v) is 7.80. The molecule has 0 amide bonds. The maximum absolute atomic E-state index is 10.7. The van der Waals surface area contributed by atoms with Crippen molar-refractivity contribution >= 4 is 11.6 Å². The number of hydrogen-bond acceptors (Lipinski definition) is 4. The Bertz CT molecular complexity index is 594. The summed E-state index contributed by atoms with van der Waals surface area (Å²) in [6.45, 7) is 1.70. The minimum absolute atomic E-state index is 0.0861. The first kappa shape index (κ1) is 9.15. The predicted molar refractivity (Wildman–Crippen MR) is 49.4 cm³/mol. The van der Waals surface area contributed by atoms with Gasteiger partial charge in [-0.15, -0.1) is 0 Å². The molecule has 0 fully saturated rings. The van der Waals surface area contributed by atoms with Gasteiger partial charge in [-0.3, -0.25) is 0 Å². The summed E-state index contributed by atoms with van der Waals surface area (Å²) < 4.78 is 1.44. The molecule has 0 aliphatic rings. The Kier molecular flexibility index (Phi) is 1.87. The van der Waals surface area contributed by atoms with Crippen molar-refractivity contribution in [2.45, 2.75) is 6.92 Å². The summed E-state index contributed by atoms with van der Waals surface area (Å²) in [4.78, 5) is 14.6. The molecule has 0 aliphatic heterocycles. The molecule has 0 unspecified atom stereocenters. The fourth-order valence-electron chi connectivity index (χ4n) is 1.30. The van der Waals surface area contributed by atoms with Crippen molar-refractivity contribution < 1.29 is 9.90 Å². The molecule has 1 N–H and O–H groups in total.